The van der Waals surface area contributed by atoms with Crippen molar-refractivity contribution in [1.29, 1.82) is 0 Å². The number of ether oxygens (including phenoxy) is 1. The third-order valence-electron chi connectivity index (χ3n) is 3.32. The van der Waals surface area contributed by atoms with E-state index < -0.39 is 17.3 Å². The Balaban J connectivity index is 2.10. The molecule has 0 aliphatic carbocycles. The zero-order valence-electron chi connectivity index (χ0n) is 11.9. The van der Waals surface area contributed by atoms with E-state index in [-0.39, 0.29) is 12.2 Å². The summed E-state index contributed by atoms with van der Waals surface area (Å²) >= 11 is 0. The monoisotopic (exact) mass is 291 g/mol. The fourth-order valence-electron chi connectivity index (χ4n) is 2.10. The fraction of sp³-hybridized carbons (Fsp3) is 0.438. The van der Waals surface area contributed by atoms with E-state index in [2.05, 4.69) is 17.2 Å². The summed E-state index contributed by atoms with van der Waals surface area (Å²) in [6.07, 6.45) is 1.05. The van der Waals surface area contributed by atoms with Gasteiger partial charge in [0.1, 0.15) is 5.82 Å². The van der Waals surface area contributed by atoms with Crippen molar-refractivity contribution >= 4 is 5.91 Å². The topological polar surface area (TPSA) is 58.6 Å². The molecule has 1 aliphatic heterocycles. The lowest BCUT2D eigenvalue weighted by Gasteiger charge is -2.23. The molecule has 0 spiro atoms. The first-order valence-electron chi connectivity index (χ1n) is 6.84. The van der Waals surface area contributed by atoms with Gasteiger partial charge < -0.3 is 15.2 Å². The van der Waals surface area contributed by atoms with E-state index in [0.29, 0.717) is 31.6 Å². The van der Waals surface area contributed by atoms with E-state index in [9.17, 15) is 9.18 Å². The predicted octanol–water partition coefficient (Wildman–Crippen LogP) is 1.47. The van der Waals surface area contributed by atoms with Gasteiger partial charge in [-0.1, -0.05) is 11.8 Å². The molecule has 1 heterocycles. The van der Waals surface area contributed by atoms with Crippen LogP contribution in [-0.2, 0) is 4.74 Å². The molecule has 0 saturated carbocycles. The number of benzene rings is 1. The molecule has 0 aromatic heterocycles. The van der Waals surface area contributed by atoms with E-state index in [1.54, 1.807) is 6.07 Å². The van der Waals surface area contributed by atoms with Crippen LogP contribution in [0.15, 0.2) is 18.2 Å². The summed E-state index contributed by atoms with van der Waals surface area (Å²) in [5, 5.41) is 11.4. The van der Waals surface area contributed by atoms with Gasteiger partial charge >= 0.3 is 0 Å². The smallest absolute Gasteiger partial charge is 0.254 e. The van der Waals surface area contributed by atoms with E-state index in [1.165, 1.54) is 12.1 Å². The average Bonchev–Trinajstić information content (AvgIpc) is 2.85. The Labute approximate surface area is 123 Å². The van der Waals surface area contributed by atoms with E-state index in [0.717, 1.165) is 0 Å². The Morgan fingerprint density at radius 3 is 3.00 bits per heavy atom. The maximum absolute atomic E-state index is 14.0. The Bertz CT molecular complexity index is 583. The molecule has 21 heavy (non-hydrogen) atoms. The van der Waals surface area contributed by atoms with Crippen molar-refractivity contribution < 1.29 is 19.0 Å². The molecule has 1 saturated heterocycles. The van der Waals surface area contributed by atoms with Crippen molar-refractivity contribution in [3.05, 3.63) is 35.1 Å². The van der Waals surface area contributed by atoms with Gasteiger partial charge in [0, 0.05) is 18.6 Å². The van der Waals surface area contributed by atoms with Crippen LogP contribution in [0.2, 0.25) is 0 Å². The number of aliphatic hydroxyl groups excluding tert-OH is 1. The molecule has 1 aromatic carbocycles. The lowest BCUT2D eigenvalue weighted by Crippen LogP contribution is -2.46. The maximum Gasteiger partial charge on any atom is 0.254 e. The van der Waals surface area contributed by atoms with Gasteiger partial charge in [-0.25, -0.2) is 4.39 Å². The van der Waals surface area contributed by atoms with Gasteiger partial charge in [-0.2, -0.15) is 0 Å². The maximum atomic E-state index is 14.0. The summed E-state index contributed by atoms with van der Waals surface area (Å²) in [4.78, 5) is 12.1. The Morgan fingerprint density at radius 2 is 2.38 bits per heavy atom. The summed E-state index contributed by atoms with van der Waals surface area (Å²) in [5.74, 6) is 4.39. The molecular formula is C16H18FNO3. The third-order valence-corrected chi connectivity index (χ3v) is 3.32. The van der Waals surface area contributed by atoms with Crippen LogP contribution in [0.4, 0.5) is 4.39 Å². The van der Waals surface area contributed by atoms with Crippen molar-refractivity contribution in [3.63, 3.8) is 0 Å². The molecule has 1 amide bonds. The molecule has 2 rings (SSSR count). The molecule has 5 heteroatoms. The highest BCUT2D eigenvalue weighted by Gasteiger charge is 2.32. The number of carbonyl (C=O) groups excluding carboxylic acids is 1. The lowest BCUT2D eigenvalue weighted by atomic mass is 10.0. The van der Waals surface area contributed by atoms with Crippen molar-refractivity contribution in [2.24, 2.45) is 0 Å². The number of amides is 1. The van der Waals surface area contributed by atoms with Crippen LogP contribution in [0.3, 0.4) is 0 Å². The van der Waals surface area contributed by atoms with Crippen LogP contribution in [0, 0.1) is 17.7 Å². The predicted molar refractivity (Wildman–Crippen MR) is 76.3 cm³/mol. The second-order valence-electron chi connectivity index (χ2n) is 5.29. The quantitative estimate of drug-likeness (QED) is 0.829. The number of halogens is 1. The van der Waals surface area contributed by atoms with Crippen molar-refractivity contribution in [2.45, 2.75) is 25.3 Å². The number of rotatable bonds is 3. The molecule has 1 fully saturated rings. The second kappa shape index (κ2) is 6.70. The summed E-state index contributed by atoms with van der Waals surface area (Å²) in [6, 6.07) is 4.25. The minimum absolute atomic E-state index is 0.00386. The van der Waals surface area contributed by atoms with E-state index in [4.69, 9.17) is 9.84 Å². The molecule has 112 valence electrons. The van der Waals surface area contributed by atoms with Crippen LogP contribution >= 0.6 is 0 Å². The van der Waals surface area contributed by atoms with E-state index >= 15 is 0 Å². The van der Waals surface area contributed by atoms with Gasteiger partial charge in [-0.05, 0) is 31.5 Å². The standard InChI is InChI=1S/C16H18FNO3/c1-16(7-9-21-11-16)18-15(20)13-6-5-12(10-14(13)17)4-2-3-8-19/h5-6,10,19H,3,7-9,11H2,1H3,(H,18,20). The number of aliphatic hydroxyl groups is 1. The molecule has 1 aromatic rings. The summed E-state index contributed by atoms with van der Waals surface area (Å²) < 4.78 is 19.3. The fourth-order valence-corrected chi connectivity index (χ4v) is 2.10. The molecule has 0 radical (unpaired) electrons. The first-order valence-corrected chi connectivity index (χ1v) is 6.84. The first-order chi connectivity index (χ1) is 10.0. The van der Waals surface area contributed by atoms with Crippen molar-refractivity contribution in [3.8, 4) is 11.8 Å². The van der Waals surface area contributed by atoms with Gasteiger partial charge in [-0.15, -0.1) is 0 Å². The highest BCUT2D eigenvalue weighted by atomic mass is 19.1. The number of hydrogen-bond acceptors (Lipinski definition) is 3. The van der Waals surface area contributed by atoms with Crippen LogP contribution in [0.5, 0.6) is 0 Å². The second-order valence-corrected chi connectivity index (χ2v) is 5.29. The highest BCUT2D eigenvalue weighted by molar-refractivity contribution is 5.95. The minimum atomic E-state index is -0.606. The Kier molecular flexibility index (Phi) is 4.94. The lowest BCUT2D eigenvalue weighted by molar-refractivity contribution is 0.0886. The average molecular weight is 291 g/mol. The van der Waals surface area contributed by atoms with Gasteiger partial charge in [-0.3, -0.25) is 4.79 Å². The van der Waals surface area contributed by atoms with Gasteiger partial charge in [0.05, 0.1) is 24.3 Å². The summed E-state index contributed by atoms with van der Waals surface area (Å²) in [6.45, 7) is 2.88. The summed E-state index contributed by atoms with van der Waals surface area (Å²) in [7, 11) is 0. The molecular weight excluding hydrogens is 273 g/mol. The van der Waals surface area contributed by atoms with Gasteiger partial charge in [0.15, 0.2) is 0 Å². The number of carbonyl (C=O) groups is 1. The zero-order chi connectivity index (χ0) is 15.3. The SMILES string of the molecule is CC1(NC(=O)c2ccc(C#CCCO)cc2F)CCOC1. The molecule has 1 unspecified atom stereocenters. The van der Waals surface area contributed by atoms with Crippen LogP contribution in [-0.4, -0.2) is 36.4 Å². The normalized spacial score (nSPS) is 20.7. The largest absolute Gasteiger partial charge is 0.395 e. The number of hydrogen-bond donors (Lipinski definition) is 2. The van der Waals surface area contributed by atoms with Gasteiger partial charge in [0.2, 0.25) is 0 Å². The van der Waals surface area contributed by atoms with Crippen LogP contribution in [0.1, 0.15) is 35.7 Å². The molecule has 2 N–H and O–H groups in total. The first kappa shape index (κ1) is 15.5. The third kappa shape index (κ3) is 4.03. The van der Waals surface area contributed by atoms with E-state index in [1.807, 2.05) is 6.92 Å². The van der Waals surface area contributed by atoms with Crippen LogP contribution in [0.25, 0.3) is 0 Å². The highest BCUT2D eigenvalue weighted by Crippen LogP contribution is 2.19. The van der Waals surface area contributed by atoms with Crippen molar-refractivity contribution in [2.75, 3.05) is 19.8 Å². The Morgan fingerprint density at radius 1 is 1.57 bits per heavy atom. The number of nitrogens with one attached hydrogen (secondary N) is 1. The molecule has 1 aliphatic rings. The zero-order valence-corrected chi connectivity index (χ0v) is 11.9. The molecule has 0 bridgehead atoms. The van der Waals surface area contributed by atoms with Crippen molar-refractivity contribution in [1.82, 2.24) is 5.32 Å². The summed E-state index contributed by atoms with van der Waals surface area (Å²) in [5.41, 5.74) is 0.0343. The van der Waals surface area contributed by atoms with Gasteiger partial charge in [0.25, 0.3) is 5.91 Å². The molecule has 4 nitrogen and oxygen atoms in total. The Hall–Kier alpha value is -1.90. The molecule has 1 atom stereocenters. The van der Waals surface area contributed by atoms with Crippen LogP contribution < -0.4 is 5.32 Å². The minimum Gasteiger partial charge on any atom is -0.395 e.